The molecule has 1 saturated heterocycles. The lowest BCUT2D eigenvalue weighted by molar-refractivity contribution is 0.720. The first-order chi connectivity index (χ1) is 8.33. The Balaban J connectivity index is 2.76. The Morgan fingerprint density at radius 1 is 0.765 bits per heavy atom. The second-order valence-corrected chi connectivity index (χ2v) is 8.76. The molecule has 1 heterocycles. The summed E-state index contributed by atoms with van der Waals surface area (Å²) in [5.41, 5.74) is 7.30. The van der Waals surface area contributed by atoms with Gasteiger partial charge in [-0.25, -0.2) is 0 Å². The Hall–Kier alpha value is -0.663. The predicted octanol–water partition coefficient (Wildman–Crippen LogP) is 4.69. The molecule has 17 heavy (non-hydrogen) atoms. The predicted molar refractivity (Wildman–Crippen MR) is 79.2 cm³/mol. The Kier molecular flexibility index (Phi) is 7.14. The minimum atomic E-state index is -1.53. The van der Waals surface area contributed by atoms with Crippen molar-refractivity contribution < 1.29 is 0 Å². The van der Waals surface area contributed by atoms with Crippen molar-refractivity contribution in [3.8, 4) is 22.9 Å². The van der Waals surface area contributed by atoms with Crippen molar-refractivity contribution in [1.29, 1.82) is 0 Å². The van der Waals surface area contributed by atoms with Gasteiger partial charge in [0.25, 0.3) is 0 Å². The van der Waals surface area contributed by atoms with E-state index in [2.05, 4.69) is 36.8 Å². The molecule has 94 valence electrons. The van der Waals surface area contributed by atoms with E-state index in [9.17, 15) is 0 Å². The van der Waals surface area contributed by atoms with Crippen LogP contribution in [0.3, 0.4) is 0 Å². The van der Waals surface area contributed by atoms with Crippen LogP contribution in [0.15, 0.2) is 0 Å². The molecule has 0 unspecified atom stereocenters. The minimum Gasteiger partial charge on any atom is -0.115 e. The fourth-order valence-corrected chi connectivity index (χ4v) is 5.77. The number of hydrogen-bond acceptors (Lipinski definition) is 0. The van der Waals surface area contributed by atoms with Crippen molar-refractivity contribution in [1.82, 2.24) is 0 Å². The van der Waals surface area contributed by atoms with Crippen molar-refractivity contribution in [2.45, 2.75) is 77.3 Å². The van der Waals surface area contributed by atoms with Crippen LogP contribution in [0.4, 0.5) is 0 Å². The van der Waals surface area contributed by atoms with Crippen molar-refractivity contribution in [3.05, 3.63) is 0 Å². The maximum atomic E-state index is 3.65. The highest BCUT2D eigenvalue weighted by molar-refractivity contribution is 6.94. The van der Waals surface area contributed by atoms with Crippen LogP contribution in [0, 0.1) is 22.9 Å². The highest BCUT2D eigenvalue weighted by atomic mass is 28.3. The molecule has 0 aromatic carbocycles. The molecule has 0 amide bonds. The summed E-state index contributed by atoms with van der Waals surface area (Å²) in [6.07, 6.45) is 10.0. The second-order valence-electron chi connectivity index (χ2n) is 5.10. The summed E-state index contributed by atoms with van der Waals surface area (Å²) in [4.78, 5) is 0. The molecular weight excluding hydrogens is 220 g/mol. The zero-order valence-corrected chi connectivity index (χ0v) is 12.6. The van der Waals surface area contributed by atoms with Gasteiger partial charge < -0.3 is 0 Å². The summed E-state index contributed by atoms with van der Waals surface area (Å²) >= 11 is 0. The molecule has 0 spiro atoms. The molecular formula is C16H26Si. The van der Waals surface area contributed by atoms with E-state index in [0.29, 0.717) is 0 Å². The molecule has 1 aliphatic heterocycles. The molecule has 0 aliphatic carbocycles. The summed E-state index contributed by atoms with van der Waals surface area (Å²) in [6, 6.07) is 2.67. The Labute approximate surface area is 109 Å². The number of hydrogen-bond donors (Lipinski definition) is 0. The van der Waals surface area contributed by atoms with Gasteiger partial charge in [0.05, 0.1) is 0 Å². The molecule has 1 aliphatic rings. The molecule has 1 heteroatoms. The quantitative estimate of drug-likeness (QED) is 0.489. The van der Waals surface area contributed by atoms with E-state index in [1.54, 1.807) is 0 Å². The number of unbranched alkanes of at least 4 members (excludes halogenated alkanes) is 2. The molecule has 0 atom stereocenters. The maximum absolute atomic E-state index is 3.65. The van der Waals surface area contributed by atoms with Crippen molar-refractivity contribution in [2.75, 3.05) is 0 Å². The monoisotopic (exact) mass is 246 g/mol. The van der Waals surface area contributed by atoms with Crippen LogP contribution in [0.1, 0.15) is 65.2 Å². The number of rotatable bonds is 2. The smallest absolute Gasteiger partial charge is 0.115 e. The molecule has 0 radical (unpaired) electrons. The molecule has 0 bridgehead atoms. The maximum Gasteiger partial charge on any atom is 0.216 e. The molecule has 0 nitrogen and oxygen atoms in total. The molecule has 0 aromatic heterocycles. The molecule has 1 rings (SSSR count). The van der Waals surface area contributed by atoms with E-state index in [1.807, 2.05) is 0 Å². The third kappa shape index (κ3) is 5.47. The Morgan fingerprint density at radius 3 is 1.65 bits per heavy atom. The van der Waals surface area contributed by atoms with Gasteiger partial charge in [0.2, 0.25) is 8.07 Å². The largest absolute Gasteiger partial charge is 0.216 e. The van der Waals surface area contributed by atoms with Gasteiger partial charge in [0.1, 0.15) is 0 Å². The topological polar surface area (TPSA) is 0 Å². The Morgan fingerprint density at radius 2 is 1.24 bits per heavy atom. The van der Waals surface area contributed by atoms with Crippen LogP contribution in [-0.4, -0.2) is 8.07 Å². The van der Waals surface area contributed by atoms with E-state index >= 15 is 0 Å². The van der Waals surface area contributed by atoms with Crippen molar-refractivity contribution in [2.24, 2.45) is 0 Å². The third-order valence-corrected chi connectivity index (χ3v) is 7.09. The lowest BCUT2D eigenvalue weighted by Gasteiger charge is -2.16. The van der Waals surface area contributed by atoms with Crippen LogP contribution >= 0.6 is 0 Å². The lowest BCUT2D eigenvalue weighted by Crippen LogP contribution is -2.30. The minimum absolute atomic E-state index is 1.06. The van der Waals surface area contributed by atoms with Crippen LogP contribution < -0.4 is 0 Å². The van der Waals surface area contributed by atoms with Gasteiger partial charge in [0, 0.05) is 12.8 Å². The van der Waals surface area contributed by atoms with E-state index in [0.717, 1.165) is 12.8 Å². The van der Waals surface area contributed by atoms with E-state index in [1.165, 1.54) is 50.6 Å². The van der Waals surface area contributed by atoms with Crippen molar-refractivity contribution >= 4 is 8.07 Å². The summed E-state index contributed by atoms with van der Waals surface area (Å²) in [6.45, 7) is 4.41. The van der Waals surface area contributed by atoms with Gasteiger partial charge in [-0.15, -0.1) is 22.9 Å². The highest BCUT2D eigenvalue weighted by Gasteiger charge is 2.30. The van der Waals surface area contributed by atoms with E-state index in [4.69, 9.17) is 0 Å². The first kappa shape index (κ1) is 14.4. The zero-order valence-electron chi connectivity index (χ0n) is 11.6. The zero-order chi connectivity index (χ0) is 12.4. The molecule has 1 fully saturated rings. The fourth-order valence-electron chi connectivity index (χ4n) is 2.33. The first-order valence-electron chi connectivity index (χ1n) is 7.33. The van der Waals surface area contributed by atoms with Crippen LogP contribution in [0.25, 0.3) is 0 Å². The van der Waals surface area contributed by atoms with Gasteiger partial charge in [-0.2, -0.15) is 0 Å². The van der Waals surface area contributed by atoms with Gasteiger partial charge in [-0.1, -0.05) is 39.5 Å². The van der Waals surface area contributed by atoms with Gasteiger partial charge in [-0.05, 0) is 24.9 Å². The third-order valence-electron chi connectivity index (χ3n) is 3.36. The molecule has 0 N–H and O–H groups in total. The lowest BCUT2D eigenvalue weighted by atomic mass is 10.2. The molecule has 0 saturated carbocycles. The van der Waals surface area contributed by atoms with Gasteiger partial charge in [0.15, 0.2) is 0 Å². The van der Waals surface area contributed by atoms with Gasteiger partial charge in [-0.3, -0.25) is 0 Å². The van der Waals surface area contributed by atoms with Crippen molar-refractivity contribution in [3.63, 3.8) is 0 Å². The first-order valence-corrected chi connectivity index (χ1v) is 9.74. The van der Waals surface area contributed by atoms with Crippen LogP contribution in [0.2, 0.25) is 12.1 Å². The summed E-state index contributed by atoms with van der Waals surface area (Å²) < 4.78 is 0. The van der Waals surface area contributed by atoms with Crippen LogP contribution in [-0.2, 0) is 0 Å². The summed E-state index contributed by atoms with van der Waals surface area (Å²) in [7, 11) is -1.53. The van der Waals surface area contributed by atoms with Gasteiger partial charge >= 0.3 is 0 Å². The summed E-state index contributed by atoms with van der Waals surface area (Å²) in [5.74, 6) is 6.82. The average molecular weight is 246 g/mol. The SMILES string of the molecule is CCCC#C[Si]1(C#CCCC)CCCCCC1. The second kappa shape index (κ2) is 8.43. The average Bonchev–Trinajstić information content (AvgIpc) is 2.56. The van der Waals surface area contributed by atoms with Crippen LogP contribution in [0.5, 0.6) is 0 Å². The highest BCUT2D eigenvalue weighted by Crippen LogP contribution is 2.26. The fraction of sp³-hybridized carbons (Fsp3) is 0.750. The molecule has 0 aromatic rings. The van der Waals surface area contributed by atoms with E-state index in [-0.39, 0.29) is 0 Å². The normalized spacial score (nSPS) is 18.2. The van der Waals surface area contributed by atoms with E-state index < -0.39 is 8.07 Å². The Bertz CT molecular complexity index is 287. The standard InChI is InChI=1S/C16H26Si/c1-3-5-9-13-17(14-10-6-4-2)15-11-7-8-12-16-17/h3-8,11-12,15-16H2,1-2H3. The summed E-state index contributed by atoms with van der Waals surface area (Å²) in [5, 5.41) is 0.